The van der Waals surface area contributed by atoms with Gasteiger partial charge >= 0.3 is 0 Å². The molecule has 2 heterocycles. The summed E-state index contributed by atoms with van der Waals surface area (Å²) in [7, 11) is 0. The summed E-state index contributed by atoms with van der Waals surface area (Å²) in [6.45, 7) is 3.23. The Balaban J connectivity index is 1.30. The Kier molecular flexibility index (Phi) is 6.79. The number of carbonyl (C=O) groups is 1. The lowest BCUT2D eigenvalue weighted by molar-refractivity contribution is -0.113. The van der Waals surface area contributed by atoms with E-state index in [1.165, 1.54) is 11.8 Å². The summed E-state index contributed by atoms with van der Waals surface area (Å²) in [5, 5.41) is 11.4. The normalized spacial score (nSPS) is 14.0. The minimum atomic E-state index is -0.130. The summed E-state index contributed by atoms with van der Waals surface area (Å²) < 4.78 is 5.37. The number of H-pyrrole nitrogens is 1. The first-order valence-electron chi connectivity index (χ1n) is 9.32. The first-order valence-corrected chi connectivity index (χ1v) is 11.1. The zero-order chi connectivity index (χ0) is 20.9. The fraction of sp³-hybridized carbons (Fsp3) is 0.250. The highest BCUT2D eigenvalue weighted by molar-refractivity contribution is 7.99. The number of hydrogen-bond acceptors (Lipinski definition) is 6. The van der Waals surface area contributed by atoms with Crippen LogP contribution in [0.2, 0.25) is 10.0 Å². The number of ether oxygens (including phenoxy) is 1. The minimum Gasteiger partial charge on any atom is -0.378 e. The van der Waals surface area contributed by atoms with E-state index in [1.807, 2.05) is 24.3 Å². The topological polar surface area (TPSA) is 83.1 Å². The molecule has 1 aromatic heterocycles. The monoisotopic (exact) mass is 463 g/mol. The Labute approximate surface area is 188 Å². The lowest BCUT2D eigenvalue weighted by atomic mass is 10.2. The van der Waals surface area contributed by atoms with Crippen LogP contribution < -0.4 is 10.2 Å². The van der Waals surface area contributed by atoms with Gasteiger partial charge in [-0.05, 0) is 42.5 Å². The maximum absolute atomic E-state index is 12.3. The number of amides is 1. The molecule has 4 rings (SSSR count). The van der Waals surface area contributed by atoms with Gasteiger partial charge in [-0.3, -0.25) is 9.89 Å². The molecule has 0 spiro atoms. The van der Waals surface area contributed by atoms with E-state index < -0.39 is 0 Å². The lowest BCUT2D eigenvalue weighted by Crippen LogP contribution is -2.36. The van der Waals surface area contributed by atoms with Crippen LogP contribution in [0.4, 0.5) is 11.4 Å². The number of halogens is 2. The summed E-state index contributed by atoms with van der Waals surface area (Å²) in [4.78, 5) is 18.9. The predicted molar refractivity (Wildman–Crippen MR) is 121 cm³/mol. The molecule has 1 saturated heterocycles. The number of rotatable bonds is 6. The molecule has 7 nitrogen and oxygen atoms in total. The van der Waals surface area contributed by atoms with Crippen LogP contribution in [0.5, 0.6) is 0 Å². The molecule has 1 fully saturated rings. The number of aromatic nitrogens is 3. The second-order valence-corrected chi connectivity index (χ2v) is 8.36. The van der Waals surface area contributed by atoms with Crippen LogP contribution in [-0.2, 0) is 9.53 Å². The number of nitrogens with one attached hydrogen (secondary N) is 2. The van der Waals surface area contributed by atoms with Gasteiger partial charge in [0.25, 0.3) is 0 Å². The number of thioether (sulfide) groups is 1. The maximum atomic E-state index is 12.3. The van der Waals surface area contributed by atoms with Crippen LogP contribution >= 0.6 is 35.0 Å². The Morgan fingerprint density at radius 2 is 1.93 bits per heavy atom. The molecule has 2 N–H and O–H groups in total. The highest BCUT2D eigenvalue weighted by Gasteiger charge is 2.13. The third-order valence-corrected chi connectivity index (χ3v) is 5.91. The fourth-order valence-corrected chi connectivity index (χ4v) is 4.11. The second kappa shape index (κ2) is 9.70. The van der Waals surface area contributed by atoms with Crippen molar-refractivity contribution in [2.75, 3.05) is 42.3 Å². The quantitative estimate of drug-likeness (QED) is 0.528. The summed E-state index contributed by atoms with van der Waals surface area (Å²) in [6, 6.07) is 13.0. The molecule has 0 unspecified atom stereocenters. The molecule has 0 bridgehead atoms. The number of anilines is 2. The third-order valence-electron chi connectivity index (χ3n) is 4.51. The van der Waals surface area contributed by atoms with Gasteiger partial charge in [-0.25, -0.2) is 4.98 Å². The summed E-state index contributed by atoms with van der Waals surface area (Å²) >= 11 is 13.4. The second-order valence-electron chi connectivity index (χ2n) is 6.57. The van der Waals surface area contributed by atoms with E-state index in [0.29, 0.717) is 26.6 Å². The number of carbonyl (C=O) groups excluding carboxylic acids is 1. The van der Waals surface area contributed by atoms with Crippen LogP contribution in [0.25, 0.3) is 11.4 Å². The van der Waals surface area contributed by atoms with Gasteiger partial charge < -0.3 is 15.0 Å². The van der Waals surface area contributed by atoms with Gasteiger partial charge in [0.1, 0.15) is 0 Å². The Hall–Kier alpha value is -2.26. The molecule has 1 aliphatic heterocycles. The van der Waals surface area contributed by atoms with E-state index in [1.54, 1.807) is 18.2 Å². The number of nitrogens with zero attached hydrogens (tertiary/aromatic N) is 3. The molecule has 3 aromatic rings. The van der Waals surface area contributed by atoms with Crippen molar-refractivity contribution in [3.63, 3.8) is 0 Å². The molecule has 30 heavy (non-hydrogen) atoms. The Morgan fingerprint density at radius 1 is 1.17 bits per heavy atom. The van der Waals surface area contributed by atoms with Crippen LogP contribution in [0.15, 0.2) is 47.6 Å². The fourth-order valence-electron chi connectivity index (χ4n) is 3.02. The van der Waals surface area contributed by atoms with Crippen molar-refractivity contribution in [3.05, 3.63) is 52.5 Å². The van der Waals surface area contributed by atoms with Crippen molar-refractivity contribution in [3.8, 4) is 11.4 Å². The van der Waals surface area contributed by atoms with Crippen LogP contribution in [0.3, 0.4) is 0 Å². The lowest BCUT2D eigenvalue weighted by Gasteiger charge is -2.28. The van der Waals surface area contributed by atoms with Gasteiger partial charge in [0.15, 0.2) is 5.82 Å². The van der Waals surface area contributed by atoms with Gasteiger partial charge in [0.2, 0.25) is 11.1 Å². The maximum Gasteiger partial charge on any atom is 0.234 e. The van der Waals surface area contributed by atoms with Crippen LogP contribution in [0.1, 0.15) is 0 Å². The number of morpholine rings is 1. The minimum absolute atomic E-state index is 0.130. The van der Waals surface area contributed by atoms with Gasteiger partial charge in [0.05, 0.1) is 24.0 Å². The molecule has 156 valence electrons. The third kappa shape index (κ3) is 5.26. The van der Waals surface area contributed by atoms with Crippen LogP contribution in [0, 0.1) is 0 Å². The first-order chi connectivity index (χ1) is 14.6. The first kappa shape index (κ1) is 21.0. The average Bonchev–Trinajstić information content (AvgIpc) is 3.22. The van der Waals surface area contributed by atoms with E-state index in [9.17, 15) is 4.79 Å². The SMILES string of the molecule is O=C(CSc1n[nH]c(-c2ccc(Cl)cc2Cl)n1)Nc1ccc(N2CCOCC2)cc1. The van der Waals surface area contributed by atoms with Gasteiger partial charge in [-0.2, -0.15) is 0 Å². The van der Waals surface area contributed by atoms with Crippen molar-refractivity contribution in [1.29, 1.82) is 0 Å². The Morgan fingerprint density at radius 3 is 2.67 bits per heavy atom. The van der Waals surface area contributed by atoms with Gasteiger partial charge in [-0.1, -0.05) is 35.0 Å². The zero-order valence-electron chi connectivity index (χ0n) is 15.9. The number of benzene rings is 2. The van der Waals surface area contributed by atoms with E-state index >= 15 is 0 Å². The molecule has 2 aromatic carbocycles. The molecule has 0 radical (unpaired) electrons. The molecule has 0 aliphatic carbocycles. The largest absolute Gasteiger partial charge is 0.378 e. The molecule has 1 aliphatic rings. The van der Waals surface area contributed by atoms with Crippen molar-refractivity contribution >= 4 is 52.2 Å². The number of aromatic amines is 1. The van der Waals surface area contributed by atoms with Crippen molar-refractivity contribution in [2.24, 2.45) is 0 Å². The summed E-state index contributed by atoms with van der Waals surface area (Å²) in [5.41, 5.74) is 2.58. The highest BCUT2D eigenvalue weighted by atomic mass is 35.5. The van der Waals surface area contributed by atoms with Crippen molar-refractivity contribution in [1.82, 2.24) is 15.2 Å². The average molecular weight is 464 g/mol. The summed E-state index contributed by atoms with van der Waals surface area (Å²) in [5.74, 6) is 0.588. The summed E-state index contributed by atoms with van der Waals surface area (Å²) in [6.07, 6.45) is 0. The van der Waals surface area contributed by atoms with Crippen molar-refractivity contribution < 1.29 is 9.53 Å². The molecular formula is C20H19Cl2N5O2S. The standard InChI is InChI=1S/C20H19Cl2N5O2S/c21-13-1-6-16(17(22)11-13)19-24-20(26-25-19)30-12-18(28)23-14-2-4-15(5-3-14)27-7-9-29-10-8-27/h1-6,11H,7-10,12H2,(H,23,28)(H,24,25,26). The van der Waals surface area contributed by atoms with E-state index in [-0.39, 0.29) is 11.7 Å². The van der Waals surface area contributed by atoms with E-state index in [0.717, 1.165) is 37.7 Å². The smallest absolute Gasteiger partial charge is 0.234 e. The highest BCUT2D eigenvalue weighted by Crippen LogP contribution is 2.29. The zero-order valence-corrected chi connectivity index (χ0v) is 18.2. The van der Waals surface area contributed by atoms with Crippen molar-refractivity contribution in [2.45, 2.75) is 5.16 Å². The molecule has 0 saturated carbocycles. The predicted octanol–water partition coefficient (Wildman–Crippen LogP) is 4.35. The van der Waals surface area contributed by atoms with E-state index in [2.05, 4.69) is 25.4 Å². The van der Waals surface area contributed by atoms with E-state index in [4.69, 9.17) is 27.9 Å². The van der Waals surface area contributed by atoms with Crippen LogP contribution in [-0.4, -0.2) is 53.1 Å². The van der Waals surface area contributed by atoms with Gasteiger partial charge in [0, 0.05) is 35.1 Å². The molecule has 0 atom stereocenters. The number of hydrogen-bond donors (Lipinski definition) is 2. The molecule has 10 heteroatoms. The molecular weight excluding hydrogens is 445 g/mol. The molecule has 1 amide bonds. The Bertz CT molecular complexity index is 1020. The van der Waals surface area contributed by atoms with Gasteiger partial charge in [-0.15, -0.1) is 5.10 Å².